The van der Waals surface area contributed by atoms with Crippen LogP contribution in [0.4, 0.5) is 11.4 Å². The first-order valence-electron chi connectivity index (χ1n) is 9.40. The fraction of sp³-hybridized carbons (Fsp3) is 0.261. The summed E-state index contributed by atoms with van der Waals surface area (Å²) < 4.78 is 0. The molecule has 0 saturated heterocycles. The number of H-pyrrole nitrogens is 1. The summed E-state index contributed by atoms with van der Waals surface area (Å²) in [4.78, 5) is 32.3. The van der Waals surface area contributed by atoms with Crippen molar-refractivity contribution in [3.8, 4) is 11.3 Å². The van der Waals surface area contributed by atoms with Gasteiger partial charge in [0.1, 0.15) is 0 Å². The maximum absolute atomic E-state index is 13.0. The molecule has 0 radical (unpaired) electrons. The third kappa shape index (κ3) is 3.36. The minimum absolute atomic E-state index is 0.00642. The molecule has 0 spiro atoms. The maximum Gasteiger partial charge on any atom is 0.167 e. The maximum atomic E-state index is 13.0. The molecule has 3 aromatic rings. The molecule has 0 aliphatic heterocycles. The van der Waals surface area contributed by atoms with Gasteiger partial charge >= 0.3 is 0 Å². The van der Waals surface area contributed by atoms with Gasteiger partial charge in [0.2, 0.25) is 0 Å². The van der Waals surface area contributed by atoms with Crippen molar-refractivity contribution in [2.75, 3.05) is 5.32 Å². The molecule has 5 heteroatoms. The largest absolute Gasteiger partial charge is 0.356 e. The minimum Gasteiger partial charge on any atom is -0.356 e. The number of aromatic amines is 1. The zero-order valence-corrected chi connectivity index (χ0v) is 16.3. The Bertz CT molecular complexity index is 1060. The number of carbonyl (C=O) groups excluding carboxylic acids is 2. The van der Waals surface area contributed by atoms with Gasteiger partial charge in [0.05, 0.1) is 16.9 Å². The highest BCUT2D eigenvalue weighted by Gasteiger charge is 2.35. The van der Waals surface area contributed by atoms with E-state index in [0.29, 0.717) is 12.0 Å². The van der Waals surface area contributed by atoms with Crippen LogP contribution < -0.4 is 5.32 Å². The highest BCUT2D eigenvalue weighted by Crippen LogP contribution is 2.43. The van der Waals surface area contributed by atoms with E-state index >= 15 is 0 Å². The van der Waals surface area contributed by atoms with Gasteiger partial charge in [-0.3, -0.25) is 14.6 Å². The molecule has 0 amide bonds. The quantitative estimate of drug-likeness (QED) is 0.618. The first-order valence-corrected chi connectivity index (χ1v) is 9.40. The van der Waals surface area contributed by atoms with Crippen molar-refractivity contribution in [3.63, 3.8) is 0 Å². The number of fused-ring (bicyclic) bond motifs is 1. The van der Waals surface area contributed by atoms with Gasteiger partial charge in [-0.25, -0.2) is 0 Å². The van der Waals surface area contributed by atoms with E-state index in [-0.39, 0.29) is 17.0 Å². The number of anilines is 2. The SMILES string of the molecule is CC(=O)c1cccc(Nc2c(-c3ccncc3)[nH]c3c2C(=O)CC(C)(C)C3)c1. The van der Waals surface area contributed by atoms with Crippen LogP contribution in [0.2, 0.25) is 0 Å². The van der Waals surface area contributed by atoms with Crippen LogP contribution in [0.5, 0.6) is 0 Å². The lowest BCUT2D eigenvalue weighted by Gasteiger charge is -2.28. The second-order valence-corrected chi connectivity index (χ2v) is 8.17. The zero-order valence-electron chi connectivity index (χ0n) is 16.3. The predicted octanol–water partition coefficient (Wildman–Crippen LogP) is 5.18. The van der Waals surface area contributed by atoms with Crippen LogP contribution in [0.15, 0.2) is 48.8 Å². The van der Waals surface area contributed by atoms with Gasteiger partial charge in [-0.05, 0) is 43.0 Å². The van der Waals surface area contributed by atoms with Crippen molar-refractivity contribution < 1.29 is 9.59 Å². The number of aromatic nitrogens is 2. The average molecular weight is 373 g/mol. The normalized spacial score (nSPS) is 15.2. The predicted molar refractivity (Wildman–Crippen MR) is 110 cm³/mol. The lowest BCUT2D eigenvalue weighted by molar-refractivity contribution is 0.0912. The number of pyridine rings is 1. The van der Waals surface area contributed by atoms with Crippen molar-refractivity contribution in [3.05, 3.63) is 65.6 Å². The number of ketones is 2. The van der Waals surface area contributed by atoms with Crippen LogP contribution in [0.3, 0.4) is 0 Å². The number of nitrogens with zero attached hydrogens (tertiary/aromatic N) is 1. The summed E-state index contributed by atoms with van der Waals surface area (Å²) in [6, 6.07) is 11.2. The Morgan fingerprint density at radius 2 is 1.89 bits per heavy atom. The van der Waals surface area contributed by atoms with Crippen LogP contribution in [0.1, 0.15) is 53.6 Å². The molecule has 0 unspecified atom stereocenters. The Morgan fingerprint density at radius 1 is 1.14 bits per heavy atom. The molecule has 0 saturated carbocycles. The average Bonchev–Trinajstić information content (AvgIpc) is 2.99. The van der Waals surface area contributed by atoms with Crippen LogP contribution in [-0.4, -0.2) is 21.5 Å². The molecular formula is C23H23N3O2. The molecule has 1 aliphatic carbocycles. The molecule has 2 heterocycles. The fourth-order valence-electron chi connectivity index (χ4n) is 3.88. The number of benzene rings is 1. The van der Waals surface area contributed by atoms with Crippen molar-refractivity contribution in [1.29, 1.82) is 0 Å². The topological polar surface area (TPSA) is 74.8 Å². The van der Waals surface area contributed by atoms with Crippen molar-refractivity contribution >= 4 is 22.9 Å². The molecule has 0 atom stereocenters. The molecule has 142 valence electrons. The molecule has 1 aliphatic rings. The second-order valence-electron chi connectivity index (χ2n) is 8.17. The van der Waals surface area contributed by atoms with Gasteiger partial charge in [-0.1, -0.05) is 26.0 Å². The highest BCUT2D eigenvalue weighted by molar-refractivity contribution is 6.08. The van der Waals surface area contributed by atoms with Crippen LogP contribution in [-0.2, 0) is 6.42 Å². The van der Waals surface area contributed by atoms with Gasteiger partial charge < -0.3 is 10.3 Å². The van der Waals surface area contributed by atoms with Crippen molar-refractivity contribution in [2.24, 2.45) is 5.41 Å². The lowest BCUT2D eigenvalue weighted by atomic mass is 9.76. The minimum atomic E-state index is -0.0731. The first kappa shape index (κ1) is 18.2. The first-order chi connectivity index (χ1) is 13.3. The van der Waals surface area contributed by atoms with Gasteiger partial charge in [0.15, 0.2) is 11.6 Å². The molecule has 2 N–H and O–H groups in total. The van der Waals surface area contributed by atoms with E-state index in [2.05, 4.69) is 29.1 Å². The molecule has 0 bridgehead atoms. The number of rotatable bonds is 4. The Labute approximate surface area is 164 Å². The fourth-order valence-corrected chi connectivity index (χ4v) is 3.88. The molecular weight excluding hydrogens is 350 g/mol. The van der Waals surface area contributed by atoms with Gasteiger partial charge in [0, 0.05) is 41.3 Å². The molecule has 28 heavy (non-hydrogen) atoms. The monoisotopic (exact) mass is 373 g/mol. The van der Waals surface area contributed by atoms with Crippen molar-refractivity contribution in [1.82, 2.24) is 9.97 Å². The summed E-state index contributed by atoms with van der Waals surface area (Å²) in [7, 11) is 0. The lowest BCUT2D eigenvalue weighted by Crippen LogP contribution is -2.26. The summed E-state index contributed by atoms with van der Waals surface area (Å²) in [5.74, 6) is 0.139. The summed E-state index contributed by atoms with van der Waals surface area (Å²) >= 11 is 0. The number of hydrogen-bond donors (Lipinski definition) is 2. The summed E-state index contributed by atoms with van der Waals surface area (Å²) in [6.45, 7) is 5.78. The molecule has 2 aromatic heterocycles. The van der Waals surface area contributed by atoms with E-state index in [0.717, 1.165) is 40.3 Å². The summed E-state index contributed by atoms with van der Waals surface area (Å²) in [5, 5.41) is 3.41. The van der Waals surface area contributed by atoms with Gasteiger partial charge in [-0.2, -0.15) is 0 Å². The Morgan fingerprint density at radius 3 is 2.61 bits per heavy atom. The van der Waals surface area contributed by atoms with Gasteiger partial charge in [0.25, 0.3) is 0 Å². The van der Waals surface area contributed by atoms with Crippen LogP contribution >= 0.6 is 0 Å². The second kappa shape index (κ2) is 6.75. The van der Waals surface area contributed by atoms with E-state index in [9.17, 15) is 9.59 Å². The number of carbonyl (C=O) groups is 2. The third-order valence-corrected chi connectivity index (χ3v) is 5.16. The van der Waals surface area contributed by atoms with E-state index in [1.54, 1.807) is 25.4 Å². The van der Waals surface area contributed by atoms with Crippen molar-refractivity contribution in [2.45, 2.75) is 33.6 Å². The van der Waals surface area contributed by atoms with E-state index in [1.165, 1.54) is 0 Å². The number of hydrogen-bond acceptors (Lipinski definition) is 4. The summed E-state index contributed by atoms with van der Waals surface area (Å²) in [5.41, 5.74) is 5.61. The Balaban J connectivity index is 1.86. The highest BCUT2D eigenvalue weighted by atomic mass is 16.1. The third-order valence-electron chi connectivity index (χ3n) is 5.16. The smallest absolute Gasteiger partial charge is 0.167 e. The van der Waals surface area contributed by atoms with E-state index in [1.807, 2.05) is 30.3 Å². The van der Waals surface area contributed by atoms with E-state index < -0.39 is 0 Å². The molecule has 1 aromatic carbocycles. The van der Waals surface area contributed by atoms with Gasteiger partial charge in [-0.15, -0.1) is 0 Å². The molecule has 0 fully saturated rings. The number of nitrogens with one attached hydrogen (secondary N) is 2. The standard InChI is InChI=1S/C23H23N3O2/c1-14(27)16-5-4-6-17(11-16)25-22-20-18(12-23(2,3)13-19(20)28)26-21(22)15-7-9-24-10-8-15/h4-11,25-26H,12-13H2,1-3H3. The Kier molecular flexibility index (Phi) is 4.38. The molecule has 4 rings (SSSR count). The number of Topliss-reactive ketones (excluding diaryl/α,β-unsaturated/α-hetero) is 2. The Hall–Kier alpha value is -3.21. The zero-order chi connectivity index (χ0) is 19.9. The molecule has 5 nitrogen and oxygen atoms in total. The van der Waals surface area contributed by atoms with Crippen LogP contribution in [0, 0.1) is 5.41 Å². The summed E-state index contributed by atoms with van der Waals surface area (Å²) in [6.07, 6.45) is 4.79. The van der Waals surface area contributed by atoms with E-state index in [4.69, 9.17) is 0 Å². The van der Waals surface area contributed by atoms with Crippen LogP contribution in [0.25, 0.3) is 11.3 Å².